The first-order valence-electron chi connectivity index (χ1n) is 8.81. The lowest BCUT2D eigenvalue weighted by Crippen LogP contribution is -2.43. The lowest BCUT2D eigenvalue weighted by Gasteiger charge is -2.29. The Balaban J connectivity index is 1.58. The topological polar surface area (TPSA) is 52.3 Å². The summed E-state index contributed by atoms with van der Waals surface area (Å²) < 4.78 is 9.96. The van der Waals surface area contributed by atoms with Crippen molar-refractivity contribution in [3.05, 3.63) is 72.6 Å². The number of carbonyl (C=O) groups is 1. The Labute approximate surface area is 152 Å². The molecule has 1 aliphatic heterocycles. The van der Waals surface area contributed by atoms with Gasteiger partial charge in [0.25, 0.3) is 5.91 Å². The molecule has 0 radical (unpaired) electrons. The molecule has 2 aromatic heterocycles. The van der Waals surface area contributed by atoms with E-state index in [9.17, 15) is 4.79 Å². The van der Waals surface area contributed by atoms with Crippen LogP contribution in [0.5, 0.6) is 5.75 Å². The van der Waals surface area contributed by atoms with Crippen LogP contribution in [0.2, 0.25) is 0 Å². The van der Waals surface area contributed by atoms with Gasteiger partial charge in [-0.25, -0.2) is 4.98 Å². The van der Waals surface area contributed by atoms with Crippen LogP contribution in [0.4, 0.5) is 0 Å². The number of para-hydroxylation sites is 1. The second-order valence-electron chi connectivity index (χ2n) is 6.58. The van der Waals surface area contributed by atoms with E-state index in [1.165, 1.54) is 0 Å². The number of ether oxygens (including phenoxy) is 1. The van der Waals surface area contributed by atoms with Crippen LogP contribution in [0, 0.1) is 0 Å². The summed E-state index contributed by atoms with van der Waals surface area (Å²) in [6, 6.07) is 13.5. The van der Waals surface area contributed by atoms with Crippen molar-refractivity contribution >= 4 is 5.91 Å². The third kappa shape index (κ3) is 3.22. The molecule has 1 unspecified atom stereocenters. The number of benzene rings is 1. The average molecular weight is 350 g/mol. The number of imidazole rings is 1. The molecule has 1 aliphatic rings. The zero-order valence-corrected chi connectivity index (χ0v) is 14.8. The fourth-order valence-corrected chi connectivity index (χ4v) is 3.38. The normalized spacial score (nSPS) is 16.8. The van der Waals surface area contributed by atoms with Crippen molar-refractivity contribution in [1.82, 2.24) is 19.0 Å². The van der Waals surface area contributed by atoms with Gasteiger partial charge in [-0.3, -0.25) is 4.79 Å². The molecule has 0 spiro atoms. The van der Waals surface area contributed by atoms with E-state index in [2.05, 4.69) is 9.55 Å². The van der Waals surface area contributed by atoms with Gasteiger partial charge in [0.05, 0.1) is 24.6 Å². The third-order valence-corrected chi connectivity index (χ3v) is 4.88. The lowest BCUT2D eigenvalue weighted by atomic mass is 10.1. The van der Waals surface area contributed by atoms with Crippen LogP contribution in [0.25, 0.3) is 0 Å². The van der Waals surface area contributed by atoms with Crippen molar-refractivity contribution in [1.29, 1.82) is 0 Å². The highest BCUT2D eigenvalue weighted by Crippen LogP contribution is 2.21. The number of amides is 1. The Kier molecular flexibility index (Phi) is 4.48. The van der Waals surface area contributed by atoms with Gasteiger partial charge in [-0.1, -0.05) is 18.2 Å². The van der Waals surface area contributed by atoms with Gasteiger partial charge in [0.15, 0.2) is 0 Å². The molecular weight excluding hydrogens is 328 g/mol. The smallest absolute Gasteiger partial charge is 0.271 e. The number of nitrogens with zero attached hydrogens (tertiary/aromatic N) is 4. The summed E-state index contributed by atoms with van der Waals surface area (Å²) >= 11 is 0. The first-order valence-corrected chi connectivity index (χ1v) is 8.81. The molecule has 1 amide bonds. The quantitative estimate of drug-likeness (QED) is 0.727. The van der Waals surface area contributed by atoms with Gasteiger partial charge in [-0.2, -0.15) is 0 Å². The van der Waals surface area contributed by atoms with Gasteiger partial charge in [0.1, 0.15) is 18.1 Å². The molecule has 0 fully saturated rings. The summed E-state index contributed by atoms with van der Waals surface area (Å²) in [5, 5.41) is 0. The summed E-state index contributed by atoms with van der Waals surface area (Å²) in [6.45, 7) is 1.83. The Morgan fingerprint density at radius 2 is 2.08 bits per heavy atom. The van der Waals surface area contributed by atoms with E-state index in [1.54, 1.807) is 0 Å². The fourth-order valence-electron chi connectivity index (χ4n) is 3.38. The van der Waals surface area contributed by atoms with Crippen LogP contribution < -0.4 is 4.74 Å². The van der Waals surface area contributed by atoms with E-state index in [-0.39, 0.29) is 11.9 Å². The Morgan fingerprint density at radius 1 is 1.23 bits per heavy atom. The van der Waals surface area contributed by atoms with E-state index in [1.807, 2.05) is 77.7 Å². The van der Waals surface area contributed by atoms with Crippen LogP contribution in [0.15, 0.2) is 61.2 Å². The maximum absolute atomic E-state index is 13.2. The highest BCUT2D eigenvalue weighted by Gasteiger charge is 2.30. The number of aryl methyl sites for hydroxylation is 2. The fraction of sp³-hybridized carbons (Fsp3) is 0.300. The minimum absolute atomic E-state index is 0.00231. The van der Waals surface area contributed by atoms with Crippen molar-refractivity contribution in [3.8, 4) is 5.75 Å². The predicted molar refractivity (Wildman–Crippen MR) is 97.9 cm³/mol. The molecule has 1 atom stereocenters. The number of rotatable bonds is 4. The van der Waals surface area contributed by atoms with E-state index < -0.39 is 0 Å². The number of fused-ring (bicyclic) bond motifs is 1. The third-order valence-electron chi connectivity index (χ3n) is 4.88. The zero-order chi connectivity index (χ0) is 17.9. The summed E-state index contributed by atoms with van der Waals surface area (Å²) in [5.41, 5.74) is 1.73. The van der Waals surface area contributed by atoms with Crippen molar-refractivity contribution in [2.24, 2.45) is 7.05 Å². The molecular formula is C20H22N4O2. The van der Waals surface area contributed by atoms with Crippen LogP contribution >= 0.6 is 0 Å². The molecule has 6 heteroatoms. The molecule has 0 bridgehead atoms. The van der Waals surface area contributed by atoms with E-state index in [4.69, 9.17) is 4.74 Å². The molecule has 134 valence electrons. The Bertz CT molecular complexity index is 884. The first-order chi connectivity index (χ1) is 12.7. The number of carbonyl (C=O) groups excluding carboxylic acids is 1. The van der Waals surface area contributed by atoms with E-state index in [0.29, 0.717) is 18.8 Å². The second kappa shape index (κ2) is 7.07. The van der Waals surface area contributed by atoms with Gasteiger partial charge in [0, 0.05) is 26.0 Å². The minimum atomic E-state index is -0.00231. The first kappa shape index (κ1) is 16.4. The minimum Gasteiger partial charge on any atom is -0.491 e. The SMILES string of the molecule is Cn1cccc1C(=O)N1Cc2cncn2CCC1COc1ccccc1. The second-order valence-corrected chi connectivity index (χ2v) is 6.58. The molecule has 3 aromatic rings. The summed E-state index contributed by atoms with van der Waals surface area (Å²) in [5.74, 6) is 0.845. The van der Waals surface area contributed by atoms with Crippen LogP contribution in [-0.2, 0) is 20.1 Å². The molecule has 0 aliphatic carbocycles. The van der Waals surface area contributed by atoms with Crippen LogP contribution in [0.3, 0.4) is 0 Å². The summed E-state index contributed by atoms with van der Waals surface area (Å²) in [6.07, 6.45) is 6.39. The van der Waals surface area contributed by atoms with Crippen LogP contribution in [-0.4, -0.2) is 37.6 Å². The summed E-state index contributed by atoms with van der Waals surface area (Å²) in [7, 11) is 1.89. The molecule has 6 nitrogen and oxygen atoms in total. The summed E-state index contributed by atoms with van der Waals surface area (Å²) in [4.78, 5) is 19.3. The molecule has 0 saturated heterocycles. The molecule has 26 heavy (non-hydrogen) atoms. The molecule has 4 rings (SSSR count). The highest BCUT2D eigenvalue weighted by molar-refractivity contribution is 5.93. The maximum atomic E-state index is 13.2. The predicted octanol–water partition coefficient (Wildman–Crippen LogP) is 2.72. The zero-order valence-electron chi connectivity index (χ0n) is 14.8. The van der Waals surface area contributed by atoms with Gasteiger partial charge in [-0.15, -0.1) is 0 Å². The van der Waals surface area contributed by atoms with Crippen molar-refractivity contribution in [2.75, 3.05) is 6.61 Å². The standard InChI is InChI=1S/C20H22N4O2/c1-22-10-5-8-19(22)20(25)24-13-17-12-21-15-23(17)11-9-16(24)14-26-18-6-3-2-4-7-18/h2-8,10,12,15-16H,9,11,13-14H2,1H3. The van der Waals surface area contributed by atoms with Gasteiger partial charge in [0.2, 0.25) is 0 Å². The van der Waals surface area contributed by atoms with E-state index in [0.717, 1.165) is 24.4 Å². The lowest BCUT2D eigenvalue weighted by molar-refractivity contribution is 0.0579. The van der Waals surface area contributed by atoms with Gasteiger partial charge in [-0.05, 0) is 30.7 Å². The maximum Gasteiger partial charge on any atom is 0.271 e. The number of hydrogen-bond donors (Lipinski definition) is 0. The van der Waals surface area contributed by atoms with E-state index >= 15 is 0 Å². The van der Waals surface area contributed by atoms with Gasteiger partial charge >= 0.3 is 0 Å². The Morgan fingerprint density at radius 3 is 2.85 bits per heavy atom. The Hall–Kier alpha value is -3.02. The molecule has 0 N–H and O–H groups in total. The van der Waals surface area contributed by atoms with Crippen molar-refractivity contribution in [3.63, 3.8) is 0 Å². The van der Waals surface area contributed by atoms with Crippen molar-refractivity contribution in [2.45, 2.75) is 25.6 Å². The highest BCUT2D eigenvalue weighted by atomic mass is 16.5. The average Bonchev–Trinajstić information content (AvgIpc) is 3.25. The number of hydrogen-bond acceptors (Lipinski definition) is 3. The largest absolute Gasteiger partial charge is 0.491 e. The molecule has 3 heterocycles. The number of aromatic nitrogens is 3. The van der Waals surface area contributed by atoms with Crippen molar-refractivity contribution < 1.29 is 9.53 Å². The van der Waals surface area contributed by atoms with Gasteiger partial charge < -0.3 is 18.8 Å². The van der Waals surface area contributed by atoms with Crippen LogP contribution in [0.1, 0.15) is 22.6 Å². The molecule has 1 aromatic carbocycles. The molecule has 0 saturated carbocycles. The monoisotopic (exact) mass is 350 g/mol.